The molecular weight excluding hydrogens is 349 g/mol. The van der Waals surface area contributed by atoms with Crippen molar-refractivity contribution in [3.8, 4) is 0 Å². The molecule has 0 aromatic heterocycles. The van der Waals surface area contributed by atoms with E-state index in [0.717, 1.165) is 17.3 Å². The lowest BCUT2D eigenvalue weighted by Crippen LogP contribution is -2.26. The van der Waals surface area contributed by atoms with Crippen molar-refractivity contribution in [3.63, 3.8) is 0 Å². The number of benzene rings is 1. The standard InChI is InChI=1S/C13H11Cl2N3O3S/c1-6-2-7(9(15)3-8(6)14)5-16-18-13-17-12(21)10(22-13)4-11(19)20/h2-3,5,10H,4H2,1H3,(H,19,20)(H,17,18,21). The molecule has 0 saturated carbocycles. The van der Waals surface area contributed by atoms with Crippen molar-refractivity contribution in [2.75, 3.05) is 0 Å². The van der Waals surface area contributed by atoms with E-state index < -0.39 is 11.2 Å². The van der Waals surface area contributed by atoms with Crippen LogP contribution in [0.15, 0.2) is 22.3 Å². The molecule has 1 aliphatic rings. The molecule has 0 aliphatic carbocycles. The molecule has 1 unspecified atom stereocenters. The molecule has 1 aromatic carbocycles. The molecule has 1 aliphatic heterocycles. The first-order valence-electron chi connectivity index (χ1n) is 6.13. The summed E-state index contributed by atoms with van der Waals surface area (Å²) in [5, 5.41) is 19.4. The lowest BCUT2D eigenvalue weighted by Gasteiger charge is -2.01. The van der Waals surface area contributed by atoms with Gasteiger partial charge in [-0.05, 0) is 24.6 Å². The van der Waals surface area contributed by atoms with Gasteiger partial charge in [-0.25, -0.2) is 0 Å². The molecular formula is C13H11Cl2N3O3S. The largest absolute Gasteiger partial charge is 0.481 e. The number of aryl methyl sites for hydroxylation is 1. The zero-order chi connectivity index (χ0) is 16.3. The maximum absolute atomic E-state index is 11.5. The summed E-state index contributed by atoms with van der Waals surface area (Å²) in [6, 6.07) is 3.38. The highest BCUT2D eigenvalue weighted by Gasteiger charge is 2.32. The highest BCUT2D eigenvalue weighted by molar-refractivity contribution is 8.15. The molecule has 1 aromatic rings. The van der Waals surface area contributed by atoms with Crippen LogP contribution in [0.25, 0.3) is 0 Å². The number of carboxylic acid groups (broad SMARTS) is 1. The van der Waals surface area contributed by atoms with E-state index in [4.69, 9.17) is 28.3 Å². The van der Waals surface area contributed by atoms with Crippen LogP contribution in [0.2, 0.25) is 10.0 Å². The quantitative estimate of drug-likeness (QED) is 0.638. The summed E-state index contributed by atoms with van der Waals surface area (Å²) in [6.45, 7) is 1.84. The first kappa shape index (κ1) is 16.8. The summed E-state index contributed by atoms with van der Waals surface area (Å²) in [4.78, 5) is 22.1. The summed E-state index contributed by atoms with van der Waals surface area (Å²) in [6.07, 6.45) is 1.18. The number of carbonyl (C=O) groups is 2. The van der Waals surface area contributed by atoms with Crippen molar-refractivity contribution in [2.24, 2.45) is 10.2 Å². The average Bonchev–Trinajstić information content (AvgIpc) is 2.75. The molecule has 1 heterocycles. The minimum Gasteiger partial charge on any atom is -0.481 e. The van der Waals surface area contributed by atoms with Crippen LogP contribution >= 0.6 is 35.0 Å². The second-order valence-electron chi connectivity index (χ2n) is 4.47. The lowest BCUT2D eigenvalue weighted by atomic mass is 10.1. The molecule has 1 fully saturated rings. The minimum atomic E-state index is -1.04. The molecule has 1 atom stereocenters. The maximum atomic E-state index is 11.5. The molecule has 116 valence electrons. The highest BCUT2D eigenvalue weighted by atomic mass is 35.5. The normalized spacial score (nSPS) is 19.9. The van der Waals surface area contributed by atoms with E-state index in [0.29, 0.717) is 15.6 Å². The zero-order valence-electron chi connectivity index (χ0n) is 11.3. The molecule has 6 nitrogen and oxygen atoms in total. The number of aliphatic carboxylic acids is 1. The fraction of sp³-hybridized carbons (Fsp3) is 0.231. The van der Waals surface area contributed by atoms with Gasteiger partial charge in [-0.3, -0.25) is 9.59 Å². The van der Waals surface area contributed by atoms with Gasteiger partial charge in [0.05, 0.1) is 17.7 Å². The molecule has 1 saturated heterocycles. The number of thioether (sulfide) groups is 1. The molecule has 22 heavy (non-hydrogen) atoms. The van der Waals surface area contributed by atoms with Gasteiger partial charge >= 0.3 is 5.97 Å². The van der Waals surface area contributed by atoms with Crippen molar-refractivity contribution in [2.45, 2.75) is 18.6 Å². The summed E-state index contributed by atoms with van der Waals surface area (Å²) in [5.41, 5.74) is 1.49. The van der Waals surface area contributed by atoms with E-state index >= 15 is 0 Å². The smallest absolute Gasteiger partial charge is 0.305 e. The Labute approximate surface area is 140 Å². The SMILES string of the molecule is Cc1cc(C=NN=C2NC(=O)C(CC(=O)O)S2)c(Cl)cc1Cl. The summed E-state index contributed by atoms with van der Waals surface area (Å²) >= 11 is 13.0. The van der Waals surface area contributed by atoms with E-state index in [1.165, 1.54) is 6.21 Å². The van der Waals surface area contributed by atoms with Crippen molar-refractivity contribution in [3.05, 3.63) is 33.3 Å². The van der Waals surface area contributed by atoms with Crippen molar-refractivity contribution in [1.82, 2.24) is 5.32 Å². The Bertz CT molecular complexity index is 691. The minimum absolute atomic E-state index is 0.259. The Kier molecular flexibility index (Phi) is 5.44. The van der Waals surface area contributed by atoms with Gasteiger partial charge in [-0.2, -0.15) is 5.10 Å². The van der Waals surface area contributed by atoms with E-state index in [2.05, 4.69) is 15.5 Å². The van der Waals surface area contributed by atoms with Gasteiger partial charge in [0.25, 0.3) is 0 Å². The van der Waals surface area contributed by atoms with Crippen LogP contribution in [0, 0.1) is 6.92 Å². The van der Waals surface area contributed by atoms with E-state index in [1.807, 2.05) is 6.92 Å². The van der Waals surface area contributed by atoms with Gasteiger partial charge in [-0.1, -0.05) is 35.0 Å². The Morgan fingerprint density at radius 1 is 1.45 bits per heavy atom. The first-order valence-corrected chi connectivity index (χ1v) is 7.76. The van der Waals surface area contributed by atoms with E-state index in [9.17, 15) is 9.59 Å². The number of hydrogen-bond donors (Lipinski definition) is 2. The van der Waals surface area contributed by atoms with Crippen LogP contribution in [-0.4, -0.2) is 33.6 Å². The van der Waals surface area contributed by atoms with Gasteiger partial charge in [0.1, 0.15) is 5.25 Å². The Hall–Kier alpha value is -1.57. The Balaban J connectivity index is 2.08. The molecule has 2 N–H and O–H groups in total. The number of hydrogen-bond acceptors (Lipinski definition) is 5. The molecule has 2 rings (SSSR count). The highest BCUT2D eigenvalue weighted by Crippen LogP contribution is 2.24. The van der Waals surface area contributed by atoms with Crippen LogP contribution < -0.4 is 5.32 Å². The average molecular weight is 360 g/mol. The number of amides is 1. The second kappa shape index (κ2) is 7.13. The van der Waals surface area contributed by atoms with E-state index in [1.54, 1.807) is 12.1 Å². The van der Waals surface area contributed by atoms with Gasteiger partial charge in [0.15, 0.2) is 5.17 Å². The summed E-state index contributed by atoms with van der Waals surface area (Å²) in [7, 11) is 0. The van der Waals surface area contributed by atoms with Crippen molar-refractivity contribution >= 4 is 58.2 Å². The van der Waals surface area contributed by atoms with Crippen LogP contribution in [0.4, 0.5) is 0 Å². The van der Waals surface area contributed by atoms with Crippen LogP contribution in [-0.2, 0) is 9.59 Å². The predicted octanol–water partition coefficient (Wildman–Crippen LogP) is 2.70. The number of nitrogens with one attached hydrogen (secondary N) is 1. The van der Waals surface area contributed by atoms with Crippen molar-refractivity contribution in [1.29, 1.82) is 0 Å². The fourth-order valence-corrected chi connectivity index (χ4v) is 3.01. The summed E-state index contributed by atoms with van der Waals surface area (Å²) < 4.78 is 0. The van der Waals surface area contributed by atoms with Gasteiger partial charge in [0.2, 0.25) is 5.91 Å². The predicted molar refractivity (Wildman–Crippen MR) is 88.0 cm³/mol. The zero-order valence-corrected chi connectivity index (χ0v) is 13.7. The molecule has 1 amide bonds. The molecule has 0 radical (unpaired) electrons. The van der Waals surface area contributed by atoms with E-state index in [-0.39, 0.29) is 17.5 Å². The first-order chi connectivity index (χ1) is 10.4. The topological polar surface area (TPSA) is 91.1 Å². The van der Waals surface area contributed by atoms with Crippen LogP contribution in [0.1, 0.15) is 17.5 Å². The third kappa shape index (κ3) is 4.22. The van der Waals surface area contributed by atoms with Gasteiger partial charge < -0.3 is 10.4 Å². The number of amidine groups is 1. The van der Waals surface area contributed by atoms with Crippen LogP contribution in [0.3, 0.4) is 0 Å². The lowest BCUT2D eigenvalue weighted by molar-refractivity contribution is -0.138. The molecule has 9 heteroatoms. The molecule has 0 bridgehead atoms. The van der Waals surface area contributed by atoms with Gasteiger partial charge in [0, 0.05) is 10.6 Å². The third-order valence-electron chi connectivity index (χ3n) is 2.76. The third-order valence-corrected chi connectivity index (χ3v) is 4.57. The maximum Gasteiger partial charge on any atom is 0.305 e. The fourth-order valence-electron chi connectivity index (χ4n) is 1.67. The van der Waals surface area contributed by atoms with Crippen molar-refractivity contribution < 1.29 is 14.7 Å². The monoisotopic (exact) mass is 359 g/mol. The Morgan fingerprint density at radius 2 is 2.18 bits per heavy atom. The number of halogens is 2. The number of nitrogens with zero attached hydrogens (tertiary/aromatic N) is 2. The second-order valence-corrected chi connectivity index (χ2v) is 6.47. The number of rotatable bonds is 4. The number of carbonyl (C=O) groups excluding carboxylic acids is 1. The van der Waals surface area contributed by atoms with Crippen LogP contribution in [0.5, 0.6) is 0 Å². The van der Waals surface area contributed by atoms with Gasteiger partial charge in [-0.15, -0.1) is 5.10 Å². The molecule has 0 spiro atoms. The summed E-state index contributed by atoms with van der Waals surface area (Å²) in [5.74, 6) is -1.43. The number of carboxylic acids is 1. The Morgan fingerprint density at radius 3 is 2.86 bits per heavy atom.